The lowest BCUT2D eigenvalue weighted by molar-refractivity contribution is 0.415. The topological polar surface area (TPSA) is 49.9 Å². The molecule has 0 aliphatic heterocycles. The average molecular weight is 273 g/mol. The quantitative estimate of drug-likeness (QED) is 0.751. The van der Waals surface area contributed by atoms with Crippen molar-refractivity contribution in [3.63, 3.8) is 0 Å². The number of hydrogen-bond donors (Lipinski definition) is 2. The van der Waals surface area contributed by atoms with Crippen LogP contribution in [-0.4, -0.2) is 17.1 Å². The Bertz CT molecular complexity index is 660. The molecule has 3 aromatic rings. The number of fused-ring (bicyclic) bond motifs is 1. The van der Waals surface area contributed by atoms with Crippen LogP contribution in [0.15, 0.2) is 35.7 Å². The summed E-state index contributed by atoms with van der Waals surface area (Å²) in [5.74, 6) is 1.79. The van der Waals surface area contributed by atoms with E-state index in [1.54, 1.807) is 18.4 Å². The van der Waals surface area contributed by atoms with Crippen molar-refractivity contribution in [1.82, 2.24) is 15.3 Å². The monoisotopic (exact) mass is 273 g/mol. The number of aromatic amines is 1. The molecule has 4 nitrogen and oxygen atoms in total. The number of benzene rings is 1. The Balaban J connectivity index is 1.67. The van der Waals surface area contributed by atoms with E-state index >= 15 is 0 Å². The van der Waals surface area contributed by atoms with Gasteiger partial charge in [-0.05, 0) is 23.6 Å². The van der Waals surface area contributed by atoms with E-state index in [4.69, 9.17) is 4.74 Å². The smallest absolute Gasteiger partial charge is 0.121 e. The molecule has 0 aliphatic rings. The Hall–Kier alpha value is -1.85. The summed E-state index contributed by atoms with van der Waals surface area (Å²) in [6, 6.07) is 10.0. The molecule has 0 saturated carbocycles. The minimum absolute atomic E-state index is 0.731. The standard InChI is InChI=1S/C14H15N3OS/c1-18-10-4-5-12-13(7-10)17-14(16-12)9-15-8-11-3-2-6-19-11/h2-7,15H,8-9H2,1H3,(H,16,17). The number of thiophene rings is 1. The van der Waals surface area contributed by atoms with Crippen molar-refractivity contribution in [2.75, 3.05) is 7.11 Å². The second-order valence-corrected chi connectivity index (χ2v) is 5.28. The Morgan fingerprint density at radius 2 is 2.26 bits per heavy atom. The normalized spacial score (nSPS) is 11.0. The molecule has 3 rings (SSSR count). The van der Waals surface area contributed by atoms with Gasteiger partial charge in [-0.25, -0.2) is 4.98 Å². The van der Waals surface area contributed by atoms with Gasteiger partial charge in [0.05, 0.1) is 24.7 Å². The fourth-order valence-corrected chi connectivity index (χ4v) is 2.64. The first-order chi connectivity index (χ1) is 9.35. The summed E-state index contributed by atoms with van der Waals surface area (Å²) in [6.45, 7) is 1.60. The van der Waals surface area contributed by atoms with E-state index in [9.17, 15) is 0 Å². The summed E-state index contributed by atoms with van der Waals surface area (Å²) in [4.78, 5) is 9.17. The molecule has 98 valence electrons. The summed E-state index contributed by atoms with van der Waals surface area (Å²) < 4.78 is 5.20. The summed E-state index contributed by atoms with van der Waals surface area (Å²) in [6.07, 6.45) is 0. The first kappa shape index (κ1) is 12.2. The Morgan fingerprint density at radius 3 is 3.05 bits per heavy atom. The Kier molecular flexibility index (Phi) is 3.48. The number of nitrogens with zero attached hydrogens (tertiary/aromatic N) is 1. The van der Waals surface area contributed by atoms with Gasteiger partial charge in [0.2, 0.25) is 0 Å². The molecule has 0 bridgehead atoms. The van der Waals surface area contributed by atoms with Gasteiger partial charge in [-0.15, -0.1) is 11.3 Å². The molecule has 2 aromatic heterocycles. The van der Waals surface area contributed by atoms with Gasteiger partial charge >= 0.3 is 0 Å². The van der Waals surface area contributed by atoms with E-state index in [1.807, 2.05) is 18.2 Å². The van der Waals surface area contributed by atoms with Crippen LogP contribution in [0.2, 0.25) is 0 Å². The van der Waals surface area contributed by atoms with Gasteiger partial charge in [0, 0.05) is 17.5 Å². The van der Waals surface area contributed by atoms with Gasteiger partial charge in [0.1, 0.15) is 11.6 Å². The molecule has 0 spiro atoms. The molecule has 19 heavy (non-hydrogen) atoms. The van der Waals surface area contributed by atoms with Crippen LogP contribution in [0.1, 0.15) is 10.7 Å². The lowest BCUT2D eigenvalue weighted by Crippen LogP contribution is -2.12. The molecule has 0 radical (unpaired) electrons. The second-order valence-electron chi connectivity index (χ2n) is 4.25. The van der Waals surface area contributed by atoms with Gasteiger partial charge < -0.3 is 15.0 Å². The van der Waals surface area contributed by atoms with Gasteiger partial charge in [0.25, 0.3) is 0 Å². The number of aromatic nitrogens is 2. The van der Waals surface area contributed by atoms with Crippen molar-refractivity contribution in [3.8, 4) is 5.75 Å². The molecular weight excluding hydrogens is 258 g/mol. The van der Waals surface area contributed by atoms with Crippen molar-refractivity contribution in [2.45, 2.75) is 13.1 Å². The summed E-state index contributed by atoms with van der Waals surface area (Å²) in [5.41, 5.74) is 1.97. The van der Waals surface area contributed by atoms with E-state index in [0.717, 1.165) is 35.7 Å². The van der Waals surface area contributed by atoms with Gasteiger partial charge in [-0.3, -0.25) is 0 Å². The average Bonchev–Trinajstić information content (AvgIpc) is 3.06. The zero-order valence-electron chi connectivity index (χ0n) is 10.6. The molecule has 1 aromatic carbocycles. The number of hydrogen-bond acceptors (Lipinski definition) is 4. The first-order valence-electron chi connectivity index (χ1n) is 6.11. The number of nitrogens with one attached hydrogen (secondary N) is 2. The van der Waals surface area contributed by atoms with Crippen molar-refractivity contribution in [3.05, 3.63) is 46.4 Å². The predicted molar refractivity (Wildman–Crippen MR) is 77.5 cm³/mol. The van der Waals surface area contributed by atoms with Gasteiger partial charge in [0.15, 0.2) is 0 Å². The summed E-state index contributed by atoms with van der Waals surface area (Å²) >= 11 is 1.76. The highest BCUT2D eigenvalue weighted by Crippen LogP contribution is 2.18. The zero-order chi connectivity index (χ0) is 13.1. The van der Waals surface area contributed by atoms with E-state index in [2.05, 4.69) is 32.8 Å². The highest BCUT2D eigenvalue weighted by molar-refractivity contribution is 7.09. The molecule has 0 unspecified atom stereocenters. The molecule has 0 aliphatic carbocycles. The fraction of sp³-hybridized carbons (Fsp3) is 0.214. The van der Waals surface area contributed by atoms with Crippen LogP contribution in [0.3, 0.4) is 0 Å². The van der Waals surface area contributed by atoms with E-state index < -0.39 is 0 Å². The minimum atomic E-state index is 0.731. The Morgan fingerprint density at radius 1 is 1.32 bits per heavy atom. The number of imidazole rings is 1. The van der Waals surface area contributed by atoms with Crippen LogP contribution in [0.5, 0.6) is 5.75 Å². The van der Waals surface area contributed by atoms with Crippen LogP contribution < -0.4 is 10.1 Å². The number of ether oxygens (including phenoxy) is 1. The number of rotatable bonds is 5. The van der Waals surface area contributed by atoms with Crippen LogP contribution >= 0.6 is 11.3 Å². The number of methoxy groups -OCH3 is 1. The van der Waals surface area contributed by atoms with Crippen molar-refractivity contribution >= 4 is 22.4 Å². The van der Waals surface area contributed by atoms with Crippen LogP contribution in [0, 0.1) is 0 Å². The first-order valence-corrected chi connectivity index (χ1v) is 6.99. The van der Waals surface area contributed by atoms with Crippen molar-refractivity contribution < 1.29 is 4.74 Å². The third-order valence-electron chi connectivity index (χ3n) is 2.91. The van der Waals surface area contributed by atoms with Crippen LogP contribution in [-0.2, 0) is 13.1 Å². The largest absolute Gasteiger partial charge is 0.497 e. The lowest BCUT2D eigenvalue weighted by atomic mass is 10.3. The van der Waals surface area contributed by atoms with Crippen molar-refractivity contribution in [2.24, 2.45) is 0 Å². The Labute approximate surface area is 115 Å². The SMILES string of the molecule is COc1ccc2nc(CNCc3cccs3)[nH]c2c1. The molecule has 0 fully saturated rings. The predicted octanol–water partition coefficient (Wildman–Crippen LogP) is 2.92. The van der Waals surface area contributed by atoms with Gasteiger partial charge in [-0.2, -0.15) is 0 Å². The molecule has 0 saturated heterocycles. The molecular formula is C14H15N3OS. The summed E-state index contributed by atoms with van der Waals surface area (Å²) in [5, 5.41) is 5.47. The molecule has 0 atom stereocenters. The highest BCUT2D eigenvalue weighted by Gasteiger charge is 2.03. The third-order valence-corrected chi connectivity index (χ3v) is 3.79. The van der Waals surface area contributed by atoms with E-state index in [1.165, 1.54) is 4.88 Å². The van der Waals surface area contributed by atoms with Crippen molar-refractivity contribution in [1.29, 1.82) is 0 Å². The minimum Gasteiger partial charge on any atom is -0.497 e. The molecule has 2 heterocycles. The maximum atomic E-state index is 5.20. The molecule has 5 heteroatoms. The number of H-pyrrole nitrogens is 1. The van der Waals surface area contributed by atoms with Crippen LogP contribution in [0.4, 0.5) is 0 Å². The highest BCUT2D eigenvalue weighted by atomic mass is 32.1. The van der Waals surface area contributed by atoms with E-state index in [-0.39, 0.29) is 0 Å². The maximum absolute atomic E-state index is 5.20. The zero-order valence-corrected chi connectivity index (χ0v) is 11.5. The maximum Gasteiger partial charge on any atom is 0.121 e. The fourth-order valence-electron chi connectivity index (χ4n) is 1.97. The summed E-state index contributed by atoms with van der Waals surface area (Å²) in [7, 11) is 1.67. The van der Waals surface area contributed by atoms with E-state index in [0.29, 0.717) is 0 Å². The lowest BCUT2D eigenvalue weighted by Gasteiger charge is -1.99. The third kappa shape index (κ3) is 2.77. The van der Waals surface area contributed by atoms with Crippen LogP contribution in [0.25, 0.3) is 11.0 Å². The molecule has 2 N–H and O–H groups in total. The van der Waals surface area contributed by atoms with Gasteiger partial charge in [-0.1, -0.05) is 6.07 Å². The second kappa shape index (κ2) is 5.42. The molecule has 0 amide bonds.